The quantitative estimate of drug-likeness (QED) is 0.0407. The molecule has 1 aliphatic heterocycles. The van der Waals surface area contributed by atoms with Gasteiger partial charge in [0.25, 0.3) is 0 Å². The molecule has 1 aliphatic rings. The van der Waals surface area contributed by atoms with Crippen LogP contribution in [0.15, 0.2) is 128 Å². The molecule has 10 atom stereocenters. The number of carbonyl (C=O) groups excluding carboxylic acids is 7. The number of hydrogen-bond donors (Lipinski definition) is 13. The maximum Gasteiger partial charge on any atom is 0.245 e. The van der Waals surface area contributed by atoms with Crippen LogP contribution in [0, 0.1) is 0 Å². The summed E-state index contributed by atoms with van der Waals surface area (Å²) in [5, 5.41) is 55.5. The van der Waals surface area contributed by atoms with E-state index in [1.54, 1.807) is 42.6 Å². The zero-order valence-electron chi connectivity index (χ0n) is 45.0. The molecule has 81 heavy (non-hydrogen) atoms. The highest BCUT2D eigenvalue weighted by Gasteiger charge is 2.37. The molecule has 0 saturated carbocycles. The molecule has 3 heterocycles. The number of aliphatic hydroxyl groups is 3. The Kier molecular flexibility index (Phi) is 22.9. The van der Waals surface area contributed by atoms with Crippen molar-refractivity contribution in [2.75, 3.05) is 30.0 Å². The van der Waals surface area contributed by atoms with E-state index >= 15 is 9.59 Å². The van der Waals surface area contributed by atoms with Gasteiger partial charge in [-0.05, 0) is 80.6 Å². The number of hydrogen-bond acceptors (Lipinski definition) is 15. The molecule has 4 aromatic carbocycles. The summed E-state index contributed by atoms with van der Waals surface area (Å²) in [5.41, 5.74) is 9.37. The lowest BCUT2D eigenvalue weighted by atomic mass is 10.0. The second-order valence-electron chi connectivity index (χ2n) is 20.0. The van der Waals surface area contributed by atoms with Gasteiger partial charge in [0.1, 0.15) is 48.1 Å². The number of aliphatic hydroxyl groups excluding tert-OH is 3. The third-order valence-electron chi connectivity index (χ3n) is 13.7. The van der Waals surface area contributed by atoms with E-state index in [1.165, 1.54) is 13.8 Å². The third-order valence-corrected chi connectivity index (χ3v) is 16.2. The van der Waals surface area contributed by atoms with Gasteiger partial charge in [-0.2, -0.15) is 0 Å². The molecule has 0 bridgehead atoms. The zero-order chi connectivity index (χ0) is 57.8. The van der Waals surface area contributed by atoms with E-state index in [2.05, 4.69) is 47.5 Å². The first-order chi connectivity index (χ1) is 39.1. The van der Waals surface area contributed by atoms with Crippen molar-refractivity contribution in [3.05, 3.63) is 144 Å². The lowest BCUT2D eigenvalue weighted by Crippen LogP contribution is -2.62. The van der Waals surface area contributed by atoms with Gasteiger partial charge in [-0.1, -0.05) is 119 Å². The second-order valence-corrected chi connectivity index (χ2v) is 22.5. The number of aromatic nitrogens is 2. The summed E-state index contributed by atoms with van der Waals surface area (Å²) in [6.07, 6.45) is -0.206. The van der Waals surface area contributed by atoms with E-state index in [-0.39, 0.29) is 43.7 Å². The monoisotopic (exact) mass is 1150 g/mol. The number of nitrogens with zero attached hydrogens (tertiary/aromatic N) is 1. The normalized spacial score (nSPS) is 21.4. The Morgan fingerprint density at radius 2 is 1.32 bits per heavy atom. The first kappa shape index (κ1) is 61.1. The van der Waals surface area contributed by atoms with E-state index in [4.69, 9.17) is 10.7 Å². The van der Waals surface area contributed by atoms with E-state index in [9.17, 15) is 39.3 Å². The summed E-state index contributed by atoms with van der Waals surface area (Å²) in [6.45, 7) is 2.22. The summed E-state index contributed by atoms with van der Waals surface area (Å²) < 4.78 is 0. The molecule has 6 aromatic rings. The lowest BCUT2D eigenvalue weighted by molar-refractivity contribution is -0.136. The molecule has 2 aromatic heterocycles. The fraction of sp³-hybridized carbons (Fsp3) is 0.379. The molecule has 430 valence electrons. The number of nitrogens with one attached hydrogen (secondary N) is 9. The maximum absolute atomic E-state index is 15.1. The van der Waals surface area contributed by atoms with Gasteiger partial charge in [0.15, 0.2) is 0 Å². The number of H-pyrrole nitrogens is 1. The number of anilines is 1. The van der Waals surface area contributed by atoms with E-state index in [0.717, 1.165) is 43.4 Å². The molecule has 23 heteroatoms. The number of pyridine rings is 1. The average molecular weight is 1150 g/mol. The van der Waals surface area contributed by atoms with Crippen LogP contribution < -0.4 is 48.3 Å². The minimum absolute atomic E-state index is 0.0255. The molecule has 2 unspecified atom stereocenters. The molecular formula is C58H71N11O10S2. The number of aromatic amines is 1. The molecule has 1 saturated heterocycles. The number of fused-ring (bicyclic) bond motifs is 2. The average Bonchev–Trinajstić information content (AvgIpc) is 3.97. The predicted molar refractivity (Wildman–Crippen MR) is 313 cm³/mol. The van der Waals surface area contributed by atoms with E-state index in [1.807, 2.05) is 84.9 Å². The number of carbonyl (C=O) groups is 7. The van der Waals surface area contributed by atoms with Gasteiger partial charge >= 0.3 is 0 Å². The van der Waals surface area contributed by atoms with Crippen LogP contribution in [-0.2, 0) is 52.8 Å². The Bertz CT molecular complexity index is 3080. The van der Waals surface area contributed by atoms with Crippen molar-refractivity contribution < 1.29 is 48.9 Å². The lowest BCUT2D eigenvalue weighted by Gasteiger charge is -2.29. The first-order valence-corrected chi connectivity index (χ1v) is 29.4. The van der Waals surface area contributed by atoms with Crippen molar-refractivity contribution in [1.29, 1.82) is 0 Å². The minimum Gasteiger partial charge on any atom is -0.394 e. The SMILES string of the molecule is CC(O)C(CO)NC(=O)[C@@H]1CSSC[C@H](NC(=O)[C@@H](Cc2ccccc2)Nc2ccc3ccccc3n2)C(=O)N[C@@H](Cc2ccccc2)C(=O)N[C@H](Cc2c[nH]c3ccccc23)C(=O)N[C@@H](CCCCN)C(=O)N[C@@H]([C@@H](C)O)C(=O)N1. The number of benzene rings is 4. The third kappa shape index (κ3) is 17.7. The largest absolute Gasteiger partial charge is 0.394 e. The highest BCUT2D eigenvalue weighted by molar-refractivity contribution is 8.76. The van der Waals surface area contributed by atoms with Gasteiger partial charge in [0.05, 0.1) is 30.4 Å². The van der Waals surface area contributed by atoms with Crippen molar-refractivity contribution in [2.45, 2.75) is 113 Å². The number of rotatable bonds is 19. The number of para-hydroxylation sites is 2. The highest BCUT2D eigenvalue weighted by atomic mass is 33.1. The van der Waals surface area contributed by atoms with Gasteiger partial charge in [-0.3, -0.25) is 33.6 Å². The molecule has 1 fully saturated rings. The van der Waals surface area contributed by atoms with Gasteiger partial charge in [-0.25, -0.2) is 4.98 Å². The predicted octanol–water partition coefficient (Wildman–Crippen LogP) is 1.90. The fourth-order valence-electron chi connectivity index (χ4n) is 9.14. The van der Waals surface area contributed by atoms with Crippen LogP contribution in [-0.4, -0.2) is 152 Å². The standard InChI is InChI=1S/C58H71N11O10S2/c1-34(71)47(31-70)66-57(78)49-33-81-80-32-48(67-53(74)44(27-36-15-5-3-6-16-36)62-50-25-24-38-19-9-11-21-41(38)61-50)56(77)64-45(28-37-17-7-4-8-18-37)54(75)65-46(29-39-30-60-42-22-12-10-20-40(39)42)55(76)63-43(23-13-14-26-59)52(73)69-51(35(2)72)58(79)68-49/h3-12,15-22,24-25,30,34-35,43-49,51,60,70-72H,13-14,23,26-29,31-33,59H2,1-2H3,(H,61,62)(H,63,76)(H,64,77)(H,65,75)(H,66,78)(H,67,74)(H,68,79)(H,69,73)/t34?,35-,43+,44-,45+,46-,47?,48+,49+,51+/m1/s1. The minimum atomic E-state index is -1.68. The van der Waals surface area contributed by atoms with Crippen molar-refractivity contribution >= 4 is 90.6 Å². The summed E-state index contributed by atoms with van der Waals surface area (Å²) in [5.74, 6) is -5.60. The number of nitrogens with two attached hydrogens (primary N) is 1. The van der Waals surface area contributed by atoms with Crippen LogP contribution in [0.1, 0.15) is 49.8 Å². The van der Waals surface area contributed by atoms with Crippen LogP contribution >= 0.6 is 21.6 Å². The number of amides is 7. The van der Waals surface area contributed by atoms with Crippen LogP contribution in [0.25, 0.3) is 21.8 Å². The summed E-state index contributed by atoms with van der Waals surface area (Å²) >= 11 is 0. The van der Waals surface area contributed by atoms with Crippen LogP contribution in [0.2, 0.25) is 0 Å². The van der Waals surface area contributed by atoms with Crippen LogP contribution in [0.5, 0.6) is 0 Å². The molecule has 0 radical (unpaired) electrons. The topological polar surface area (TPSA) is 331 Å². The smallest absolute Gasteiger partial charge is 0.245 e. The second kappa shape index (κ2) is 30.3. The molecule has 21 nitrogen and oxygen atoms in total. The van der Waals surface area contributed by atoms with Crippen molar-refractivity contribution in [1.82, 2.24) is 47.2 Å². The summed E-state index contributed by atoms with van der Waals surface area (Å²) in [4.78, 5) is 110. The molecule has 0 spiro atoms. The van der Waals surface area contributed by atoms with Gasteiger partial charge in [0.2, 0.25) is 41.4 Å². The Labute approximate surface area is 477 Å². The Hall–Kier alpha value is -7.54. The molecule has 7 amide bonds. The Balaban J connectivity index is 1.28. The number of unbranched alkanes of at least 4 members (excludes halogenated alkanes) is 1. The Morgan fingerprint density at radius 1 is 0.691 bits per heavy atom. The van der Waals surface area contributed by atoms with Crippen molar-refractivity contribution in [3.8, 4) is 0 Å². The van der Waals surface area contributed by atoms with Gasteiger partial charge in [0, 0.05) is 53.3 Å². The van der Waals surface area contributed by atoms with Crippen molar-refractivity contribution in [3.63, 3.8) is 0 Å². The van der Waals surface area contributed by atoms with Crippen LogP contribution in [0.4, 0.5) is 5.82 Å². The van der Waals surface area contributed by atoms with E-state index in [0.29, 0.717) is 35.3 Å². The molecule has 7 rings (SSSR count). The van der Waals surface area contributed by atoms with Gasteiger partial charge < -0.3 is 68.6 Å². The molecule has 14 N–H and O–H groups in total. The van der Waals surface area contributed by atoms with Crippen LogP contribution in [0.3, 0.4) is 0 Å². The van der Waals surface area contributed by atoms with E-state index < -0.39 is 108 Å². The van der Waals surface area contributed by atoms with Crippen molar-refractivity contribution in [2.24, 2.45) is 5.73 Å². The molecular weight excluding hydrogens is 1070 g/mol. The Morgan fingerprint density at radius 3 is 2.02 bits per heavy atom. The molecule has 0 aliphatic carbocycles. The summed E-state index contributed by atoms with van der Waals surface area (Å²) in [6, 6.07) is 26.0. The zero-order valence-corrected chi connectivity index (χ0v) is 46.6. The fourth-order valence-corrected chi connectivity index (χ4v) is 11.5. The summed E-state index contributed by atoms with van der Waals surface area (Å²) in [7, 11) is 2.08. The van der Waals surface area contributed by atoms with Gasteiger partial charge in [-0.15, -0.1) is 0 Å². The highest BCUT2D eigenvalue weighted by Crippen LogP contribution is 2.25. The maximum atomic E-state index is 15.1. The first-order valence-electron chi connectivity index (χ1n) is 26.9.